The summed E-state index contributed by atoms with van der Waals surface area (Å²) in [6.45, 7) is 4.34. The molecule has 6 aromatic carbocycles. The second kappa shape index (κ2) is 7.58. The summed E-state index contributed by atoms with van der Waals surface area (Å²) in [6, 6.07) is 42.4. The number of hydrogen-bond donors (Lipinski definition) is 0. The predicted molar refractivity (Wildman–Crippen MR) is 151 cm³/mol. The van der Waals surface area contributed by atoms with E-state index >= 15 is 0 Å². The molecule has 0 fully saturated rings. The van der Waals surface area contributed by atoms with Gasteiger partial charge in [0.15, 0.2) is 0 Å². The molecule has 1 nitrogen and oxygen atoms in total. The van der Waals surface area contributed by atoms with Crippen LogP contribution in [0.5, 0.6) is 0 Å². The summed E-state index contributed by atoms with van der Waals surface area (Å²) in [5.41, 5.74) is 8.81. The molecule has 1 aromatic heterocycles. The monoisotopic (exact) mass is 447 g/mol. The van der Waals surface area contributed by atoms with E-state index in [-0.39, 0.29) is 0 Å². The van der Waals surface area contributed by atoms with Gasteiger partial charge in [-0.05, 0) is 89.0 Å². The van der Waals surface area contributed by atoms with E-state index in [0.717, 1.165) is 0 Å². The molecule has 0 spiro atoms. The van der Waals surface area contributed by atoms with Crippen LogP contribution in [-0.4, -0.2) is 4.57 Å². The van der Waals surface area contributed by atoms with Gasteiger partial charge in [-0.15, -0.1) is 0 Å². The van der Waals surface area contributed by atoms with Crippen LogP contribution in [0.15, 0.2) is 115 Å². The Kier molecular flexibility index (Phi) is 4.34. The van der Waals surface area contributed by atoms with Gasteiger partial charge in [-0.3, -0.25) is 0 Å². The summed E-state index contributed by atoms with van der Waals surface area (Å²) in [6.07, 6.45) is 0. The Bertz CT molecular complexity index is 1790. The van der Waals surface area contributed by atoms with E-state index in [1.807, 2.05) is 0 Å². The average Bonchev–Trinajstić information content (AvgIpc) is 3.20. The maximum atomic E-state index is 2.40. The van der Waals surface area contributed by atoms with Gasteiger partial charge < -0.3 is 4.57 Å². The number of aryl methyl sites for hydroxylation is 2. The molecule has 1 heterocycles. The first-order valence-electron chi connectivity index (χ1n) is 12.2. The Balaban J connectivity index is 1.47. The van der Waals surface area contributed by atoms with Gasteiger partial charge in [0.1, 0.15) is 0 Å². The molecule has 0 saturated carbocycles. The largest absolute Gasteiger partial charge is 0.309 e. The number of hydrogen-bond acceptors (Lipinski definition) is 0. The minimum absolute atomic E-state index is 1.19. The zero-order valence-corrected chi connectivity index (χ0v) is 19.9. The highest BCUT2D eigenvalue weighted by atomic mass is 15.0. The maximum Gasteiger partial charge on any atom is 0.0541 e. The van der Waals surface area contributed by atoms with E-state index in [1.165, 1.54) is 71.3 Å². The first-order valence-corrected chi connectivity index (χ1v) is 12.2. The summed E-state index contributed by atoms with van der Waals surface area (Å²) >= 11 is 0. The molecule has 35 heavy (non-hydrogen) atoms. The quantitative estimate of drug-likeness (QED) is 0.233. The molecule has 0 bridgehead atoms. The molecule has 0 radical (unpaired) electrons. The normalized spacial score (nSPS) is 11.7. The van der Waals surface area contributed by atoms with Gasteiger partial charge in [0.25, 0.3) is 0 Å². The highest BCUT2D eigenvalue weighted by Crippen LogP contribution is 2.38. The van der Waals surface area contributed by atoms with Gasteiger partial charge >= 0.3 is 0 Å². The third kappa shape index (κ3) is 3.09. The van der Waals surface area contributed by atoms with E-state index in [4.69, 9.17) is 0 Å². The minimum Gasteiger partial charge on any atom is -0.309 e. The third-order valence-corrected chi connectivity index (χ3v) is 7.26. The standard InChI is InChI=1S/C34H25N/c1-22-11-17-32-30(19-22)31-20-23(2)12-18-33(31)35(32)27-15-13-24(14-16-27)34-28-9-5-3-7-25(28)21-26-8-4-6-10-29(26)34/h3-21H,1-2H3. The molecule has 0 atom stereocenters. The molecular weight excluding hydrogens is 422 g/mol. The molecule has 0 aliphatic rings. The van der Waals surface area contributed by atoms with E-state index < -0.39 is 0 Å². The molecule has 0 aliphatic carbocycles. The van der Waals surface area contributed by atoms with Crippen LogP contribution in [0.25, 0.3) is 60.2 Å². The molecule has 7 aromatic rings. The van der Waals surface area contributed by atoms with Crippen LogP contribution in [-0.2, 0) is 0 Å². The SMILES string of the molecule is Cc1ccc2c(c1)c1cc(C)ccc1n2-c1ccc(-c2c3ccccc3cc3ccccc23)cc1. The molecule has 0 unspecified atom stereocenters. The van der Waals surface area contributed by atoms with Crippen molar-refractivity contribution in [2.45, 2.75) is 13.8 Å². The molecule has 0 N–H and O–H groups in total. The summed E-state index contributed by atoms with van der Waals surface area (Å²) in [5, 5.41) is 7.76. The topological polar surface area (TPSA) is 4.93 Å². The fourth-order valence-electron chi connectivity index (χ4n) is 5.63. The second-order valence-corrected chi connectivity index (χ2v) is 9.62. The number of aromatic nitrogens is 1. The first kappa shape index (κ1) is 20.1. The molecular formula is C34H25N. The number of benzene rings is 6. The summed E-state index contributed by atoms with van der Waals surface area (Å²) in [4.78, 5) is 0. The maximum absolute atomic E-state index is 2.40. The van der Waals surface area contributed by atoms with Gasteiger partial charge in [0, 0.05) is 16.5 Å². The van der Waals surface area contributed by atoms with Crippen molar-refractivity contribution in [2.24, 2.45) is 0 Å². The molecule has 0 aliphatic heterocycles. The minimum atomic E-state index is 1.19. The van der Waals surface area contributed by atoms with Crippen LogP contribution < -0.4 is 0 Å². The zero-order valence-electron chi connectivity index (χ0n) is 19.9. The number of rotatable bonds is 2. The fraction of sp³-hybridized carbons (Fsp3) is 0.0588. The van der Waals surface area contributed by atoms with Crippen molar-refractivity contribution in [1.29, 1.82) is 0 Å². The van der Waals surface area contributed by atoms with E-state index in [1.54, 1.807) is 0 Å². The van der Waals surface area contributed by atoms with Crippen molar-refractivity contribution in [3.05, 3.63) is 126 Å². The van der Waals surface area contributed by atoms with Crippen molar-refractivity contribution in [2.75, 3.05) is 0 Å². The van der Waals surface area contributed by atoms with E-state index in [2.05, 4.69) is 134 Å². The van der Waals surface area contributed by atoms with Crippen molar-refractivity contribution < 1.29 is 0 Å². The number of fused-ring (bicyclic) bond motifs is 5. The van der Waals surface area contributed by atoms with E-state index in [9.17, 15) is 0 Å². The summed E-state index contributed by atoms with van der Waals surface area (Å²) in [5.74, 6) is 0. The number of nitrogens with zero attached hydrogens (tertiary/aromatic N) is 1. The zero-order chi connectivity index (χ0) is 23.5. The molecule has 0 amide bonds. The first-order chi connectivity index (χ1) is 17.2. The van der Waals surface area contributed by atoms with Crippen molar-refractivity contribution in [3.8, 4) is 16.8 Å². The Morgan fingerprint density at radius 2 is 0.971 bits per heavy atom. The molecule has 0 saturated heterocycles. The lowest BCUT2D eigenvalue weighted by atomic mass is 9.92. The van der Waals surface area contributed by atoms with Crippen molar-refractivity contribution >= 4 is 43.4 Å². The Labute approximate surface area is 204 Å². The summed E-state index contributed by atoms with van der Waals surface area (Å²) in [7, 11) is 0. The van der Waals surface area contributed by atoms with Crippen LogP contribution >= 0.6 is 0 Å². The molecule has 166 valence electrons. The average molecular weight is 448 g/mol. The second-order valence-electron chi connectivity index (χ2n) is 9.62. The Morgan fingerprint density at radius 1 is 0.457 bits per heavy atom. The lowest BCUT2D eigenvalue weighted by Crippen LogP contribution is -1.94. The van der Waals surface area contributed by atoms with Gasteiger partial charge in [0.2, 0.25) is 0 Å². The third-order valence-electron chi connectivity index (χ3n) is 7.26. The Morgan fingerprint density at radius 3 is 1.51 bits per heavy atom. The van der Waals surface area contributed by atoms with Gasteiger partial charge in [-0.1, -0.05) is 83.9 Å². The molecule has 7 rings (SSSR count). The summed E-state index contributed by atoms with van der Waals surface area (Å²) < 4.78 is 2.40. The highest BCUT2D eigenvalue weighted by molar-refractivity contribution is 6.13. The Hall–Kier alpha value is -4.36. The smallest absolute Gasteiger partial charge is 0.0541 e. The van der Waals surface area contributed by atoms with Gasteiger partial charge in [0.05, 0.1) is 11.0 Å². The van der Waals surface area contributed by atoms with Crippen molar-refractivity contribution in [3.63, 3.8) is 0 Å². The lowest BCUT2D eigenvalue weighted by molar-refractivity contribution is 1.18. The van der Waals surface area contributed by atoms with Crippen molar-refractivity contribution in [1.82, 2.24) is 4.57 Å². The van der Waals surface area contributed by atoms with Gasteiger partial charge in [-0.25, -0.2) is 0 Å². The fourth-order valence-corrected chi connectivity index (χ4v) is 5.63. The van der Waals surface area contributed by atoms with Crippen LogP contribution in [0.2, 0.25) is 0 Å². The van der Waals surface area contributed by atoms with Gasteiger partial charge in [-0.2, -0.15) is 0 Å². The highest BCUT2D eigenvalue weighted by Gasteiger charge is 2.14. The predicted octanol–water partition coefficient (Wildman–Crippen LogP) is 9.37. The van der Waals surface area contributed by atoms with E-state index in [0.29, 0.717) is 0 Å². The molecule has 1 heteroatoms. The van der Waals surface area contributed by atoms with Crippen LogP contribution in [0.3, 0.4) is 0 Å². The lowest BCUT2D eigenvalue weighted by Gasteiger charge is -2.14. The van der Waals surface area contributed by atoms with Crippen LogP contribution in [0.1, 0.15) is 11.1 Å². The van der Waals surface area contributed by atoms with Crippen LogP contribution in [0, 0.1) is 13.8 Å². The van der Waals surface area contributed by atoms with Crippen LogP contribution in [0.4, 0.5) is 0 Å².